The number of hydrazine groups is 1. The highest BCUT2D eigenvalue weighted by atomic mass is 16.6. The Morgan fingerprint density at radius 3 is 2.26 bits per heavy atom. The number of ether oxygens (including phenoxy) is 1. The van der Waals surface area contributed by atoms with E-state index in [9.17, 15) is 14.4 Å². The Balaban J connectivity index is 2.38. The van der Waals surface area contributed by atoms with Gasteiger partial charge in [-0.05, 0) is 19.1 Å². The van der Waals surface area contributed by atoms with Gasteiger partial charge in [-0.1, -0.05) is 18.2 Å². The molecule has 0 spiro atoms. The van der Waals surface area contributed by atoms with E-state index in [1.807, 2.05) is 0 Å². The van der Waals surface area contributed by atoms with Crippen LogP contribution < -0.4 is 5.01 Å². The van der Waals surface area contributed by atoms with Crippen molar-refractivity contribution >= 4 is 23.6 Å². The molecule has 0 saturated heterocycles. The minimum absolute atomic E-state index is 0.145. The lowest BCUT2D eigenvalue weighted by Crippen LogP contribution is -2.50. The van der Waals surface area contributed by atoms with Crippen LogP contribution in [0.3, 0.4) is 0 Å². The molecule has 19 heavy (non-hydrogen) atoms. The van der Waals surface area contributed by atoms with Crippen molar-refractivity contribution < 1.29 is 19.1 Å². The highest BCUT2D eigenvalue weighted by Crippen LogP contribution is 2.20. The van der Waals surface area contributed by atoms with Crippen molar-refractivity contribution in [1.29, 1.82) is 0 Å². The van der Waals surface area contributed by atoms with Crippen LogP contribution in [0.4, 0.5) is 10.5 Å². The number of carbonyl (C=O) groups excluding carboxylic acids is 3. The second kappa shape index (κ2) is 5.34. The van der Waals surface area contributed by atoms with Gasteiger partial charge in [-0.3, -0.25) is 9.59 Å². The van der Waals surface area contributed by atoms with Crippen LogP contribution >= 0.6 is 0 Å². The first-order chi connectivity index (χ1) is 9.15. The van der Waals surface area contributed by atoms with Gasteiger partial charge in [0, 0.05) is 12.2 Å². The Bertz CT molecular complexity index is 521. The van der Waals surface area contributed by atoms with Crippen LogP contribution in [-0.4, -0.2) is 29.5 Å². The molecule has 0 aromatic heterocycles. The minimum atomic E-state index is -0.779. The molecule has 1 aromatic rings. The van der Waals surface area contributed by atoms with E-state index in [4.69, 9.17) is 4.74 Å². The van der Waals surface area contributed by atoms with Crippen LogP contribution in [0, 0.1) is 0 Å². The highest BCUT2D eigenvalue weighted by Gasteiger charge is 2.35. The van der Waals surface area contributed by atoms with E-state index in [0.29, 0.717) is 5.69 Å². The highest BCUT2D eigenvalue weighted by molar-refractivity contribution is 6.16. The van der Waals surface area contributed by atoms with Crippen molar-refractivity contribution in [3.63, 3.8) is 0 Å². The maximum atomic E-state index is 12.0. The molecule has 1 aromatic carbocycles. The van der Waals surface area contributed by atoms with Gasteiger partial charge in [0.1, 0.15) is 0 Å². The molecule has 0 fully saturated rings. The Morgan fingerprint density at radius 1 is 1.16 bits per heavy atom. The molecule has 0 aliphatic carbocycles. The van der Waals surface area contributed by atoms with E-state index in [1.54, 1.807) is 37.3 Å². The number of hydrogen-bond acceptors (Lipinski definition) is 4. The molecule has 6 heteroatoms. The topological polar surface area (TPSA) is 66.9 Å². The van der Waals surface area contributed by atoms with Crippen LogP contribution in [0.15, 0.2) is 42.5 Å². The van der Waals surface area contributed by atoms with Crippen LogP contribution in [0.5, 0.6) is 0 Å². The number of para-hydroxylation sites is 1. The van der Waals surface area contributed by atoms with E-state index in [1.165, 1.54) is 0 Å². The summed E-state index contributed by atoms with van der Waals surface area (Å²) in [4.78, 5) is 35.3. The van der Waals surface area contributed by atoms with Gasteiger partial charge in [-0.15, -0.1) is 0 Å². The maximum Gasteiger partial charge on any atom is 0.434 e. The van der Waals surface area contributed by atoms with Crippen LogP contribution in [0.2, 0.25) is 0 Å². The fourth-order valence-electron chi connectivity index (χ4n) is 1.65. The van der Waals surface area contributed by atoms with Gasteiger partial charge in [0.2, 0.25) is 0 Å². The van der Waals surface area contributed by atoms with Gasteiger partial charge < -0.3 is 4.74 Å². The first-order valence-electron chi connectivity index (χ1n) is 5.73. The van der Waals surface area contributed by atoms with E-state index < -0.39 is 17.9 Å². The smallest absolute Gasteiger partial charge is 0.434 e. The monoisotopic (exact) mass is 260 g/mol. The zero-order valence-electron chi connectivity index (χ0n) is 10.3. The standard InChI is InChI=1S/C13H12N2O4/c1-2-19-13(18)14(10-6-4-3-5-7-10)15-11(16)8-9-12(15)17/h3-9H,2H2,1H3. The summed E-state index contributed by atoms with van der Waals surface area (Å²) in [6, 6.07) is 8.37. The first-order valence-corrected chi connectivity index (χ1v) is 5.73. The van der Waals surface area contributed by atoms with Crippen molar-refractivity contribution in [1.82, 2.24) is 5.01 Å². The van der Waals surface area contributed by atoms with Crippen LogP contribution in [0.1, 0.15) is 6.92 Å². The molecule has 2 rings (SSSR count). The van der Waals surface area contributed by atoms with Crippen molar-refractivity contribution in [3.05, 3.63) is 42.5 Å². The number of anilines is 1. The number of benzene rings is 1. The van der Waals surface area contributed by atoms with Gasteiger partial charge in [-0.25, -0.2) is 4.79 Å². The molecule has 0 radical (unpaired) electrons. The Morgan fingerprint density at radius 2 is 1.74 bits per heavy atom. The predicted molar refractivity (Wildman–Crippen MR) is 66.9 cm³/mol. The number of imide groups is 1. The number of nitrogens with zero attached hydrogens (tertiary/aromatic N) is 2. The quantitative estimate of drug-likeness (QED) is 0.772. The molecule has 0 unspecified atom stereocenters. The second-order valence-electron chi connectivity index (χ2n) is 3.67. The summed E-state index contributed by atoms with van der Waals surface area (Å²) in [6.45, 7) is 1.79. The summed E-state index contributed by atoms with van der Waals surface area (Å²) in [5, 5.41) is 1.67. The fraction of sp³-hybridized carbons (Fsp3) is 0.154. The first kappa shape index (κ1) is 12.8. The van der Waals surface area contributed by atoms with Crippen LogP contribution in [0.25, 0.3) is 0 Å². The molecule has 98 valence electrons. The normalized spacial score (nSPS) is 13.8. The molecular weight excluding hydrogens is 248 g/mol. The summed E-state index contributed by atoms with van der Waals surface area (Å²) < 4.78 is 4.88. The summed E-state index contributed by atoms with van der Waals surface area (Å²) in [5.74, 6) is -1.16. The van der Waals surface area contributed by atoms with E-state index in [0.717, 1.165) is 22.2 Å². The molecule has 0 saturated carbocycles. The number of amides is 3. The zero-order valence-corrected chi connectivity index (χ0v) is 10.3. The summed E-state index contributed by atoms with van der Waals surface area (Å²) in [7, 11) is 0. The SMILES string of the molecule is CCOC(=O)N(c1ccccc1)N1C(=O)C=CC1=O. The van der Waals surface area contributed by atoms with E-state index in [-0.39, 0.29) is 6.61 Å². The van der Waals surface area contributed by atoms with Gasteiger partial charge in [0.05, 0.1) is 12.3 Å². The molecular formula is C13H12N2O4. The summed E-state index contributed by atoms with van der Waals surface area (Å²) in [5.41, 5.74) is 0.381. The molecule has 0 N–H and O–H groups in total. The molecule has 6 nitrogen and oxygen atoms in total. The van der Waals surface area contributed by atoms with Gasteiger partial charge in [-0.2, -0.15) is 10.0 Å². The molecule has 1 heterocycles. The van der Waals surface area contributed by atoms with Crippen molar-refractivity contribution in [2.75, 3.05) is 11.6 Å². The van der Waals surface area contributed by atoms with Crippen molar-refractivity contribution in [2.45, 2.75) is 6.92 Å². The third-order valence-electron chi connectivity index (χ3n) is 2.43. The molecule has 3 amide bonds. The van der Waals surface area contributed by atoms with Gasteiger partial charge in [0.15, 0.2) is 0 Å². The van der Waals surface area contributed by atoms with E-state index in [2.05, 4.69) is 0 Å². The molecule has 0 bridgehead atoms. The Labute approximate surface area is 109 Å². The fourth-order valence-corrected chi connectivity index (χ4v) is 1.65. The number of carbonyl (C=O) groups is 3. The summed E-state index contributed by atoms with van der Waals surface area (Å²) in [6.07, 6.45) is 1.44. The zero-order chi connectivity index (χ0) is 13.8. The number of rotatable bonds is 3. The van der Waals surface area contributed by atoms with Crippen LogP contribution in [-0.2, 0) is 14.3 Å². The Kier molecular flexibility index (Phi) is 3.61. The molecule has 0 atom stereocenters. The maximum absolute atomic E-state index is 12.0. The largest absolute Gasteiger partial charge is 0.448 e. The lowest BCUT2D eigenvalue weighted by atomic mass is 10.3. The van der Waals surface area contributed by atoms with Crippen molar-refractivity contribution in [3.8, 4) is 0 Å². The predicted octanol–water partition coefficient (Wildman–Crippen LogP) is 1.49. The molecule has 1 aliphatic rings. The summed E-state index contributed by atoms with van der Waals surface area (Å²) >= 11 is 0. The number of hydrogen-bond donors (Lipinski definition) is 0. The molecule has 1 aliphatic heterocycles. The average Bonchev–Trinajstić information content (AvgIpc) is 2.73. The van der Waals surface area contributed by atoms with Gasteiger partial charge >= 0.3 is 6.09 Å². The van der Waals surface area contributed by atoms with E-state index >= 15 is 0 Å². The van der Waals surface area contributed by atoms with Crippen molar-refractivity contribution in [2.24, 2.45) is 0 Å². The third kappa shape index (κ3) is 2.47. The lowest BCUT2D eigenvalue weighted by Gasteiger charge is -2.28. The van der Waals surface area contributed by atoms with Gasteiger partial charge in [0.25, 0.3) is 11.8 Å². The second-order valence-corrected chi connectivity index (χ2v) is 3.67. The lowest BCUT2D eigenvalue weighted by molar-refractivity contribution is -0.137. The average molecular weight is 260 g/mol. The minimum Gasteiger partial charge on any atom is -0.448 e. The Hall–Kier alpha value is -2.63. The third-order valence-corrected chi connectivity index (χ3v) is 2.43.